The summed E-state index contributed by atoms with van der Waals surface area (Å²) in [5.74, 6) is -0.00759. The molecule has 15 heavy (non-hydrogen) atoms. The van der Waals surface area contributed by atoms with E-state index in [9.17, 15) is 4.79 Å². The summed E-state index contributed by atoms with van der Waals surface area (Å²) >= 11 is 5.71. The van der Waals surface area contributed by atoms with Crippen molar-refractivity contribution in [3.8, 4) is 0 Å². The lowest BCUT2D eigenvalue weighted by molar-refractivity contribution is -0.137. The Balaban J connectivity index is 2.27. The van der Waals surface area contributed by atoms with Crippen molar-refractivity contribution in [2.45, 2.75) is 12.8 Å². The van der Waals surface area contributed by atoms with Crippen LogP contribution in [0.5, 0.6) is 0 Å². The standard InChI is InChI=1S/C8H7ClN4O2/c9-5-3-10-8-11-6(1-2-7(14)15)12-13(8)4-5/h3-4H,1-2H2,(H,14,15). The molecule has 0 bridgehead atoms. The Morgan fingerprint density at radius 1 is 1.60 bits per heavy atom. The molecule has 0 radical (unpaired) electrons. The first-order valence-corrected chi connectivity index (χ1v) is 4.61. The third-order valence-corrected chi connectivity index (χ3v) is 1.96. The molecule has 0 fully saturated rings. The highest BCUT2D eigenvalue weighted by molar-refractivity contribution is 6.30. The molecule has 78 valence electrons. The van der Waals surface area contributed by atoms with Gasteiger partial charge in [0.25, 0.3) is 5.78 Å². The number of rotatable bonds is 3. The Morgan fingerprint density at radius 2 is 2.40 bits per heavy atom. The molecule has 0 aliphatic heterocycles. The molecular formula is C8H7ClN4O2. The quantitative estimate of drug-likeness (QED) is 0.837. The van der Waals surface area contributed by atoms with Gasteiger partial charge in [0.05, 0.1) is 23.8 Å². The van der Waals surface area contributed by atoms with E-state index in [1.165, 1.54) is 10.7 Å². The van der Waals surface area contributed by atoms with Gasteiger partial charge in [0.2, 0.25) is 0 Å². The average molecular weight is 227 g/mol. The van der Waals surface area contributed by atoms with Crippen LogP contribution in [0.2, 0.25) is 5.02 Å². The summed E-state index contributed by atoms with van der Waals surface area (Å²) in [5, 5.41) is 13.0. The fraction of sp³-hybridized carbons (Fsp3) is 0.250. The highest BCUT2D eigenvalue weighted by Crippen LogP contribution is 2.07. The minimum atomic E-state index is -0.875. The van der Waals surface area contributed by atoms with Crippen molar-refractivity contribution in [2.24, 2.45) is 0 Å². The van der Waals surface area contributed by atoms with E-state index in [1.807, 2.05) is 0 Å². The number of aliphatic carboxylic acids is 1. The van der Waals surface area contributed by atoms with Crippen LogP contribution in [-0.4, -0.2) is 30.7 Å². The second kappa shape index (κ2) is 3.82. The Labute approximate surface area is 89.5 Å². The van der Waals surface area contributed by atoms with Crippen molar-refractivity contribution in [1.82, 2.24) is 19.6 Å². The van der Waals surface area contributed by atoms with Crippen molar-refractivity contribution >= 4 is 23.3 Å². The zero-order valence-corrected chi connectivity index (χ0v) is 8.35. The van der Waals surface area contributed by atoms with Gasteiger partial charge >= 0.3 is 5.97 Å². The largest absolute Gasteiger partial charge is 0.481 e. The van der Waals surface area contributed by atoms with Gasteiger partial charge in [0.15, 0.2) is 5.82 Å². The summed E-state index contributed by atoms with van der Waals surface area (Å²) in [4.78, 5) is 18.3. The van der Waals surface area contributed by atoms with Crippen LogP contribution in [0.15, 0.2) is 12.4 Å². The maximum Gasteiger partial charge on any atom is 0.303 e. The zero-order chi connectivity index (χ0) is 10.8. The fourth-order valence-corrected chi connectivity index (χ4v) is 1.27. The second-order valence-corrected chi connectivity index (χ2v) is 3.37. The smallest absolute Gasteiger partial charge is 0.303 e. The van der Waals surface area contributed by atoms with Crippen molar-refractivity contribution < 1.29 is 9.90 Å². The molecular weight excluding hydrogens is 220 g/mol. The molecule has 0 atom stereocenters. The van der Waals surface area contributed by atoms with Crippen molar-refractivity contribution in [2.75, 3.05) is 0 Å². The molecule has 6 nitrogen and oxygen atoms in total. The molecule has 2 rings (SSSR count). The molecule has 1 N–H and O–H groups in total. The summed E-state index contributed by atoms with van der Waals surface area (Å²) in [7, 11) is 0. The number of hydrogen-bond acceptors (Lipinski definition) is 4. The van der Waals surface area contributed by atoms with Crippen LogP contribution in [0.25, 0.3) is 5.78 Å². The summed E-state index contributed by atoms with van der Waals surface area (Å²) in [6.07, 6.45) is 3.33. The molecule has 0 aliphatic rings. The fourth-order valence-electron chi connectivity index (χ4n) is 1.13. The zero-order valence-electron chi connectivity index (χ0n) is 7.59. The summed E-state index contributed by atoms with van der Waals surface area (Å²) in [5.41, 5.74) is 0. The Hall–Kier alpha value is -1.69. The van der Waals surface area contributed by atoms with Gasteiger partial charge in [-0.15, -0.1) is 5.10 Å². The number of carbonyl (C=O) groups is 1. The minimum Gasteiger partial charge on any atom is -0.481 e. The molecule has 0 saturated carbocycles. The van der Waals surface area contributed by atoms with Gasteiger partial charge in [0, 0.05) is 6.42 Å². The van der Waals surface area contributed by atoms with Crippen LogP contribution in [0.1, 0.15) is 12.2 Å². The summed E-state index contributed by atoms with van der Waals surface area (Å²) in [6, 6.07) is 0. The first-order valence-electron chi connectivity index (χ1n) is 4.24. The van der Waals surface area contributed by atoms with Gasteiger partial charge in [0.1, 0.15) is 0 Å². The van der Waals surface area contributed by atoms with E-state index in [2.05, 4.69) is 15.1 Å². The van der Waals surface area contributed by atoms with Crippen LogP contribution < -0.4 is 0 Å². The van der Waals surface area contributed by atoms with Gasteiger partial charge in [-0.2, -0.15) is 4.98 Å². The van der Waals surface area contributed by atoms with Gasteiger partial charge in [-0.3, -0.25) is 4.79 Å². The number of hydrogen-bond donors (Lipinski definition) is 1. The number of aryl methyl sites for hydroxylation is 1. The Morgan fingerprint density at radius 3 is 3.13 bits per heavy atom. The number of carboxylic acids is 1. The van der Waals surface area contributed by atoms with Gasteiger partial charge < -0.3 is 5.11 Å². The van der Waals surface area contributed by atoms with Crippen molar-refractivity contribution in [3.05, 3.63) is 23.2 Å². The third-order valence-electron chi connectivity index (χ3n) is 1.77. The number of halogens is 1. The predicted octanol–water partition coefficient (Wildman–Crippen LogP) is 0.795. The molecule has 0 aromatic carbocycles. The van der Waals surface area contributed by atoms with E-state index in [0.29, 0.717) is 16.6 Å². The van der Waals surface area contributed by atoms with E-state index in [1.54, 1.807) is 6.20 Å². The molecule has 2 aromatic rings. The third kappa shape index (κ3) is 2.21. The van der Waals surface area contributed by atoms with Crippen LogP contribution in [-0.2, 0) is 11.2 Å². The first-order chi connectivity index (χ1) is 7.15. The van der Waals surface area contributed by atoms with Crippen molar-refractivity contribution in [3.63, 3.8) is 0 Å². The predicted molar refractivity (Wildman–Crippen MR) is 51.7 cm³/mol. The molecule has 0 saturated heterocycles. The molecule has 0 unspecified atom stereocenters. The maximum atomic E-state index is 10.3. The lowest BCUT2D eigenvalue weighted by Crippen LogP contribution is -1.99. The van der Waals surface area contributed by atoms with Crippen LogP contribution in [0.3, 0.4) is 0 Å². The lowest BCUT2D eigenvalue weighted by atomic mass is 10.3. The van der Waals surface area contributed by atoms with Crippen molar-refractivity contribution in [1.29, 1.82) is 0 Å². The summed E-state index contributed by atoms with van der Waals surface area (Å²) in [6.45, 7) is 0. The summed E-state index contributed by atoms with van der Waals surface area (Å²) < 4.78 is 1.43. The normalized spacial score (nSPS) is 10.7. The maximum absolute atomic E-state index is 10.3. The topological polar surface area (TPSA) is 80.4 Å². The van der Waals surface area contributed by atoms with E-state index < -0.39 is 5.97 Å². The molecule has 0 aliphatic carbocycles. The number of nitrogens with zero attached hydrogens (tertiary/aromatic N) is 4. The second-order valence-electron chi connectivity index (χ2n) is 2.94. The molecule has 7 heteroatoms. The van der Waals surface area contributed by atoms with E-state index in [-0.39, 0.29) is 12.8 Å². The Bertz CT molecular complexity index is 510. The molecule has 0 amide bonds. The van der Waals surface area contributed by atoms with Gasteiger partial charge in [-0.1, -0.05) is 11.6 Å². The molecule has 0 spiro atoms. The van der Waals surface area contributed by atoms with Gasteiger partial charge in [-0.25, -0.2) is 9.50 Å². The highest BCUT2D eigenvalue weighted by atomic mass is 35.5. The molecule has 2 aromatic heterocycles. The monoisotopic (exact) mass is 226 g/mol. The van der Waals surface area contributed by atoms with Gasteiger partial charge in [-0.05, 0) is 0 Å². The van der Waals surface area contributed by atoms with E-state index in [4.69, 9.17) is 16.7 Å². The number of fused-ring (bicyclic) bond motifs is 1. The highest BCUT2D eigenvalue weighted by Gasteiger charge is 2.06. The SMILES string of the molecule is O=C(O)CCc1nc2ncc(Cl)cn2n1. The number of carboxylic acid groups (broad SMARTS) is 1. The van der Waals surface area contributed by atoms with E-state index in [0.717, 1.165) is 0 Å². The minimum absolute atomic E-state index is 0.00458. The first kappa shape index (κ1) is 9.85. The average Bonchev–Trinajstić information content (AvgIpc) is 2.56. The van der Waals surface area contributed by atoms with Crippen LogP contribution >= 0.6 is 11.6 Å². The Kier molecular flexibility index (Phi) is 2.51. The lowest BCUT2D eigenvalue weighted by Gasteiger charge is -1.89. The molecule has 2 heterocycles. The number of aromatic nitrogens is 4. The van der Waals surface area contributed by atoms with Crippen LogP contribution in [0, 0.1) is 0 Å². The van der Waals surface area contributed by atoms with Crippen LogP contribution in [0.4, 0.5) is 0 Å². The van der Waals surface area contributed by atoms with E-state index >= 15 is 0 Å².